The standard InChI is InChI=1S/C22H25ClN2O3/c1-2-28-22(27)17-7-11-20(12-8-17)24-21(26)18-4-3-13-25(15-18)14-16-5-9-19(23)10-6-16/h5-12,18H,2-4,13-15H2,1H3,(H,24,26)/t18-/m0/s1. The van der Waals surface area contributed by atoms with Crippen LogP contribution >= 0.6 is 11.6 Å². The zero-order valence-electron chi connectivity index (χ0n) is 16.0. The van der Waals surface area contributed by atoms with Crippen molar-refractivity contribution in [3.8, 4) is 0 Å². The van der Waals surface area contributed by atoms with E-state index in [9.17, 15) is 9.59 Å². The topological polar surface area (TPSA) is 58.6 Å². The van der Waals surface area contributed by atoms with E-state index in [2.05, 4.69) is 10.2 Å². The van der Waals surface area contributed by atoms with E-state index in [1.54, 1.807) is 31.2 Å². The molecule has 1 aliphatic heterocycles. The van der Waals surface area contributed by atoms with Crippen LogP contribution in [0, 0.1) is 5.92 Å². The molecule has 1 saturated heterocycles. The summed E-state index contributed by atoms with van der Waals surface area (Å²) in [6, 6.07) is 14.6. The molecule has 0 unspecified atom stereocenters. The molecule has 0 aromatic heterocycles. The highest BCUT2D eigenvalue weighted by Crippen LogP contribution is 2.21. The third-order valence-electron chi connectivity index (χ3n) is 4.86. The van der Waals surface area contributed by atoms with Crippen molar-refractivity contribution in [2.45, 2.75) is 26.3 Å². The molecule has 0 bridgehead atoms. The van der Waals surface area contributed by atoms with Crippen molar-refractivity contribution >= 4 is 29.2 Å². The third kappa shape index (κ3) is 5.57. The van der Waals surface area contributed by atoms with Gasteiger partial charge in [-0.2, -0.15) is 0 Å². The summed E-state index contributed by atoms with van der Waals surface area (Å²) in [5, 5.41) is 3.70. The summed E-state index contributed by atoms with van der Waals surface area (Å²) in [5.74, 6) is -0.388. The maximum atomic E-state index is 12.7. The second kappa shape index (κ2) is 9.71. The predicted molar refractivity (Wildman–Crippen MR) is 110 cm³/mol. The maximum Gasteiger partial charge on any atom is 0.338 e. The van der Waals surface area contributed by atoms with Crippen LogP contribution < -0.4 is 5.32 Å². The maximum absolute atomic E-state index is 12.7. The fraction of sp³-hybridized carbons (Fsp3) is 0.364. The minimum atomic E-state index is -0.356. The van der Waals surface area contributed by atoms with Crippen molar-refractivity contribution in [3.05, 3.63) is 64.7 Å². The molecule has 0 radical (unpaired) electrons. The molecule has 0 saturated carbocycles. The summed E-state index contributed by atoms with van der Waals surface area (Å²) in [7, 11) is 0. The predicted octanol–water partition coefficient (Wildman–Crippen LogP) is 4.37. The Kier molecular flexibility index (Phi) is 7.06. The van der Waals surface area contributed by atoms with Gasteiger partial charge in [0, 0.05) is 23.8 Å². The molecule has 1 atom stereocenters. The van der Waals surface area contributed by atoms with Crippen molar-refractivity contribution in [3.63, 3.8) is 0 Å². The number of amides is 1. The van der Waals surface area contributed by atoms with Crippen molar-refractivity contribution in [1.29, 1.82) is 0 Å². The van der Waals surface area contributed by atoms with Crippen LogP contribution in [-0.2, 0) is 16.1 Å². The minimum Gasteiger partial charge on any atom is -0.462 e. The average molecular weight is 401 g/mol. The lowest BCUT2D eigenvalue weighted by Gasteiger charge is -2.32. The molecule has 5 nitrogen and oxygen atoms in total. The highest BCUT2D eigenvalue weighted by molar-refractivity contribution is 6.30. The van der Waals surface area contributed by atoms with Gasteiger partial charge in [-0.25, -0.2) is 4.79 Å². The van der Waals surface area contributed by atoms with Gasteiger partial charge in [-0.3, -0.25) is 9.69 Å². The van der Waals surface area contributed by atoms with Crippen LogP contribution in [0.5, 0.6) is 0 Å². The van der Waals surface area contributed by atoms with Crippen LogP contribution in [0.15, 0.2) is 48.5 Å². The summed E-state index contributed by atoms with van der Waals surface area (Å²) in [6.07, 6.45) is 1.87. The molecule has 1 heterocycles. The number of hydrogen-bond acceptors (Lipinski definition) is 4. The summed E-state index contributed by atoms with van der Waals surface area (Å²) >= 11 is 5.95. The largest absolute Gasteiger partial charge is 0.462 e. The van der Waals surface area contributed by atoms with E-state index in [-0.39, 0.29) is 17.8 Å². The van der Waals surface area contributed by atoms with Gasteiger partial charge in [0.05, 0.1) is 18.1 Å². The van der Waals surface area contributed by atoms with Gasteiger partial charge in [-0.05, 0) is 68.3 Å². The first-order valence-corrected chi connectivity index (χ1v) is 9.98. The van der Waals surface area contributed by atoms with Gasteiger partial charge < -0.3 is 10.1 Å². The van der Waals surface area contributed by atoms with Crippen LogP contribution in [0.2, 0.25) is 5.02 Å². The first-order chi connectivity index (χ1) is 13.5. The number of benzene rings is 2. The monoisotopic (exact) mass is 400 g/mol. The number of nitrogens with zero attached hydrogens (tertiary/aromatic N) is 1. The number of hydrogen-bond donors (Lipinski definition) is 1. The number of esters is 1. The lowest BCUT2D eigenvalue weighted by Crippen LogP contribution is -2.40. The molecule has 2 aromatic rings. The number of ether oxygens (including phenoxy) is 1. The van der Waals surface area contributed by atoms with E-state index in [1.807, 2.05) is 24.3 Å². The van der Waals surface area contributed by atoms with E-state index >= 15 is 0 Å². The first kappa shape index (κ1) is 20.4. The Bertz CT molecular complexity index is 806. The Morgan fingerprint density at radius 2 is 1.86 bits per heavy atom. The lowest BCUT2D eigenvalue weighted by molar-refractivity contribution is -0.121. The van der Waals surface area contributed by atoms with Crippen LogP contribution in [0.4, 0.5) is 5.69 Å². The van der Waals surface area contributed by atoms with E-state index < -0.39 is 0 Å². The minimum absolute atomic E-state index is 0.0182. The molecular weight excluding hydrogens is 376 g/mol. The fourth-order valence-corrected chi connectivity index (χ4v) is 3.54. The van der Waals surface area contributed by atoms with Gasteiger partial charge >= 0.3 is 5.97 Å². The normalized spacial score (nSPS) is 17.1. The van der Waals surface area contributed by atoms with Gasteiger partial charge in [0.2, 0.25) is 5.91 Å². The Labute approximate surface area is 170 Å². The molecular formula is C22H25ClN2O3. The number of nitrogens with one attached hydrogen (secondary N) is 1. The van der Waals surface area contributed by atoms with Crippen LogP contribution in [0.3, 0.4) is 0 Å². The summed E-state index contributed by atoms with van der Waals surface area (Å²) in [5.41, 5.74) is 2.36. The second-order valence-corrected chi connectivity index (χ2v) is 7.42. The SMILES string of the molecule is CCOC(=O)c1ccc(NC(=O)[C@H]2CCCN(Cc3ccc(Cl)cc3)C2)cc1. The summed E-state index contributed by atoms with van der Waals surface area (Å²) in [6.45, 7) is 4.64. The van der Waals surface area contributed by atoms with Gasteiger partial charge in [-0.1, -0.05) is 23.7 Å². The number of anilines is 1. The molecule has 2 aromatic carbocycles. The fourth-order valence-electron chi connectivity index (χ4n) is 3.41. The summed E-state index contributed by atoms with van der Waals surface area (Å²) in [4.78, 5) is 26.7. The number of carbonyl (C=O) groups excluding carboxylic acids is 2. The highest BCUT2D eigenvalue weighted by atomic mass is 35.5. The number of piperidine rings is 1. The van der Waals surface area contributed by atoms with Crippen LogP contribution in [0.25, 0.3) is 0 Å². The smallest absolute Gasteiger partial charge is 0.338 e. The van der Waals surface area contributed by atoms with Crippen LogP contribution in [0.1, 0.15) is 35.7 Å². The molecule has 1 N–H and O–H groups in total. The van der Waals surface area contributed by atoms with Gasteiger partial charge in [0.15, 0.2) is 0 Å². The first-order valence-electron chi connectivity index (χ1n) is 9.60. The van der Waals surface area contributed by atoms with Gasteiger partial charge in [-0.15, -0.1) is 0 Å². The molecule has 6 heteroatoms. The molecule has 0 aliphatic carbocycles. The van der Waals surface area contributed by atoms with Crippen molar-refractivity contribution < 1.29 is 14.3 Å². The molecule has 148 valence electrons. The van der Waals surface area contributed by atoms with Gasteiger partial charge in [0.25, 0.3) is 0 Å². The number of halogens is 1. The van der Waals surface area contributed by atoms with Crippen molar-refractivity contribution in [1.82, 2.24) is 4.90 Å². The highest BCUT2D eigenvalue weighted by Gasteiger charge is 2.26. The molecule has 0 spiro atoms. The number of likely N-dealkylation sites (tertiary alicyclic amines) is 1. The Balaban J connectivity index is 1.55. The number of carbonyl (C=O) groups is 2. The van der Waals surface area contributed by atoms with E-state index in [0.717, 1.165) is 37.5 Å². The van der Waals surface area contributed by atoms with E-state index in [1.165, 1.54) is 5.56 Å². The average Bonchev–Trinajstić information content (AvgIpc) is 2.71. The Hall–Kier alpha value is -2.37. The quantitative estimate of drug-likeness (QED) is 0.731. The molecule has 1 aliphatic rings. The summed E-state index contributed by atoms with van der Waals surface area (Å²) < 4.78 is 4.97. The molecule has 3 rings (SSSR count). The molecule has 1 fully saturated rings. The van der Waals surface area contributed by atoms with Crippen molar-refractivity contribution in [2.75, 3.05) is 25.0 Å². The zero-order valence-corrected chi connectivity index (χ0v) is 16.7. The van der Waals surface area contributed by atoms with E-state index in [0.29, 0.717) is 17.9 Å². The third-order valence-corrected chi connectivity index (χ3v) is 5.11. The Morgan fingerprint density at radius 1 is 1.14 bits per heavy atom. The molecule has 1 amide bonds. The molecule has 28 heavy (non-hydrogen) atoms. The van der Waals surface area contributed by atoms with Crippen LogP contribution in [-0.4, -0.2) is 36.5 Å². The number of rotatable bonds is 6. The Morgan fingerprint density at radius 3 is 2.54 bits per heavy atom. The van der Waals surface area contributed by atoms with Crippen molar-refractivity contribution in [2.24, 2.45) is 5.92 Å². The van der Waals surface area contributed by atoms with E-state index in [4.69, 9.17) is 16.3 Å². The zero-order chi connectivity index (χ0) is 19.9. The lowest BCUT2D eigenvalue weighted by atomic mass is 9.96. The van der Waals surface area contributed by atoms with Gasteiger partial charge in [0.1, 0.15) is 0 Å². The second-order valence-electron chi connectivity index (χ2n) is 6.99.